The predicted octanol–water partition coefficient (Wildman–Crippen LogP) is 5.18. The molecule has 28 heavy (non-hydrogen) atoms. The normalized spacial score (nSPS) is 10.5. The number of aryl methyl sites for hydroxylation is 1. The van der Waals surface area contributed by atoms with Gasteiger partial charge in [0.05, 0.1) is 12.3 Å². The molecule has 3 rings (SSSR count). The summed E-state index contributed by atoms with van der Waals surface area (Å²) in [5.41, 5.74) is 3.03. The van der Waals surface area contributed by atoms with Gasteiger partial charge in [0.15, 0.2) is 11.7 Å². The highest BCUT2D eigenvalue weighted by Crippen LogP contribution is 2.26. The van der Waals surface area contributed by atoms with Crippen LogP contribution in [0.4, 0.5) is 5.13 Å². The summed E-state index contributed by atoms with van der Waals surface area (Å²) in [6.07, 6.45) is 1.95. The predicted molar refractivity (Wildman–Crippen MR) is 113 cm³/mol. The molecule has 0 saturated heterocycles. The van der Waals surface area contributed by atoms with E-state index < -0.39 is 0 Å². The summed E-state index contributed by atoms with van der Waals surface area (Å²) in [5, 5.41) is 5.25. The van der Waals surface area contributed by atoms with Gasteiger partial charge in [0.25, 0.3) is 5.91 Å². The van der Waals surface area contributed by atoms with Crippen LogP contribution in [0.2, 0.25) is 0 Å². The average Bonchev–Trinajstić information content (AvgIpc) is 3.20. The molecule has 2 aromatic carbocycles. The molecule has 0 aliphatic heterocycles. The maximum atomic E-state index is 12.1. The van der Waals surface area contributed by atoms with Crippen LogP contribution in [0.15, 0.2) is 53.9 Å². The Morgan fingerprint density at radius 1 is 1.00 bits per heavy atom. The number of aromatic nitrogens is 1. The van der Waals surface area contributed by atoms with Crippen LogP contribution >= 0.6 is 11.3 Å². The molecule has 0 atom stereocenters. The number of nitrogens with one attached hydrogen (secondary N) is 1. The fourth-order valence-corrected chi connectivity index (χ4v) is 3.27. The Labute approximate surface area is 169 Å². The zero-order valence-corrected chi connectivity index (χ0v) is 16.9. The van der Waals surface area contributed by atoms with Gasteiger partial charge in [0, 0.05) is 10.9 Å². The molecule has 0 aliphatic rings. The van der Waals surface area contributed by atoms with Gasteiger partial charge in [0.2, 0.25) is 0 Å². The Bertz CT molecular complexity index is 889. The van der Waals surface area contributed by atoms with Gasteiger partial charge in [-0.05, 0) is 54.8 Å². The molecule has 1 aromatic heterocycles. The number of hydrogen-bond acceptors (Lipinski definition) is 5. The standard InChI is InChI=1S/C22H24N2O3S/c1-3-13-26-18-11-7-17(8-12-18)20-15-28-22(23-20)24-21(25)14-27-19-9-5-16(4-2)6-10-19/h5-12,15H,3-4,13-14H2,1-2H3,(H,23,24,25). The number of carbonyl (C=O) groups is 1. The molecule has 3 aromatic rings. The monoisotopic (exact) mass is 396 g/mol. The summed E-state index contributed by atoms with van der Waals surface area (Å²) in [5.74, 6) is 1.29. The lowest BCUT2D eigenvalue weighted by atomic mass is 10.2. The van der Waals surface area contributed by atoms with Crippen LogP contribution < -0.4 is 14.8 Å². The summed E-state index contributed by atoms with van der Waals surface area (Å²) in [6, 6.07) is 15.5. The van der Waals surface area contributed by atoms with Crippen LogP contribution in [0.3, 0.4) is 0 Å². The molecule has 0 unspecified atom stereocenters. The molecule has 146 valence electrons. The fraction of sp³-hybridized carbons (Fsp3) is 0.273. The number of benzene rings is 2. The van der Waals surface area contributed by atoms with Gasteiger partial charge in [-0.1, -0.05) is 26.0 Å². The van der Waals surface area contributed by atoms with Crippen molar-refractivity contribution >= 4 is 22.4 Å². The lowest BCUT2D eigenvalue weighted by molar-refractivity contribution is -0.118. The van der Waals surface area contributed by atoms with E-state index in [4.69, 9.17) is 9.47 Å². The van der Waals surface area contributed by atoms with E-state index in [1.807, 2.05) is 53.9 Å². The maximum absolute atomic E-state index is 12.1. The Hall–Kier alpha value is -2.86. The number of hydrogen-bond donors (Lipinski definition) is 1. The zero-order valence-electron chi connectivity index (χ0n) is 16.1. The molecule has 5 nitrogen and oxygen atoms in total. The average molecular weight is 397 g/mol. The number of amides is 1. The highest BCUT2D eigenvalue weighted by Gasteiger charge is 2.09. The second kappa shape index (κ2) is 9.90. The van der Waals surface area contributed by atoms with E-state index in [9.17, 15) is 4.79 Å². The van der Waals surface area contributed by atoms with Crippen molar-refractivity contribution in [1.82, 2.24) is 4.98 Å². The number of carbonyl (C=O) groups excluding carboxylic acids is 1. The molecule has 6 heteroatoms. The van der Waals surface area contributed by atoms with E-state index in [1.165, 1.54) is 16.9 Å². The van der Waals surface area contributed by atoms with E-state index in [0.29, 0.717) is 17.5 Å². The third-order valence-corrected chi connectivity index (χ3v) is 4.83. The summed E-state index contributed by atoms with van der Waals surface area (Å²) in [7, 11) is 0. The maximum Gasteiger partial charge on any atom is 0.264 e. The van der Waals surface area contributed by atoms with E-state index >= 15 is 0 Å². The van der Waals surface area contributed by atoms with Crippen molar-refractivity contribution in [3.05, 3.63) is 59.5 Å². The highest BCUT2D eigenvalue weighted by atomic mass is 32.1. The van der Waals surface area contributed by atoms with Crippen molar-refractivity contribution < 1.29 is 14.3 Å². The van der Waals surface area contributed by atoms with Gasteiger partial charge in [-0.15, -0.1) is 11.3 Å². The van der Waals surface area contributed by atoms with Crippen molar-refractivity contribution in [2.45, 2.75) is 26.7 Å². The van der Waals surface area contributed by atoms with Crippen LogP contribution in [-0.4, -0.2) is 24.1 Å². The van der Waals surface area contributed by atoms with Gasteiger partial charge in [-0.3, -0.25) is 10.1 Å². The number of nitrogens with zero attached hydrogens (tertiary/aromatic N) is 1. The summed E-state index contributed by atoms with van der Waals surface area (Å²) in [6.45, 7) is 4.83. The molecule has 1 amide bonds. The van der Waals surface area contributed by atoms with Crippen molar-refractivity contribution in [1.29, 1.82) is 0 Å². The van der Waals surface area contributed by atoms with E-state index in [-0.39, 0.29) is 12.5 Å². The molecule has 0 spiro atoms. The van der Waals surface area contributed by atoms with Crippen LogP contribution in [0.1, 0.15) is 25.8 Å². The molecule has 0 saturated carbocycles. The van der Waals surface area contributed by atoms with Gasteiger partial charge < -0.3 is 9.47 Å². The first-order valence-electron chi connectivity index (χ1n) is 9.38. The van der Waals surface area contributed by atoms with Crippen molar-refractivity contribution in [3.8, 4) is 22.8 Å². The Kier molecular flexibility index (Phi) is 7.03. The van der Waals surface area contributed by atoms with Gasteiger partial charge >= 0.3 is 0 Å². The number of rotatable bonds is 9. The minimum atomic E-state index is -0.233. The molecule has 1 heterocycles. The summed E-state index contributed by atoms with van der Waals surface area (Å²) < 4.78 is 11.1. The van der Waals surface area contributed by atoms with Crippen molar-refractivity contribution in [2.75, 3.05) is 18.5 Å². The Morgan fingerprint density at radius 3 is 2.36 bits per heavy atom. The minimum Gasteiger partial charge on any atom is -0.494 e. The van der Waals surface area contributed by atoms with E-state index in [1.54, 1.807) is 0 Å². The van der Waals surface area contributed by atoms with Crippen LogP contribution in [-0.2, 0) is 11.2 Å². The number of anilines is 1. The second-order valence-corrected chi connectivity index (χ2v) is 7.10. The molecule has 1 N–H and O–H groups in total. The zero-order chi connectivity index (χ0) is 19.8. The highest BCUT2D eigenvalue weighted by molar-refractivity contribution is 7.14. The number of thiazole rings is 1. The van der Waals surface area contributed by atoms with Crippen molar-refractivity contribution in [2.24, 2.45) is 0 Å². The largest absolute Gasteiger partial charge is 0.494 e. The first kappa shape index (κ1) is 19.9. The van der Waals surface area contributed by atoms with Gasteiger partial charge in [-0.25, -0.2) is 4.98 Å². The molecule has 0 bridgehead atoms. The van der Waals surface area contributed by atoms with Gasteiger partial charge in [-0.2, -0.15) is 0 Å². The molecule has 0 radical (unpaired) electrons. The minimum absolute atomic E-state index is 0.0517. The Morgan fingerprint density at radius 2 is 1.68 bits per heavy atom. The van der Waals surface area contributed by atoms with Crippen LogP contribution in [0.25, 0.3) is 11.3 Å². The SMILES string of the molecule is CCCOc1ccc(-c2csc(NC(=O)COc3ccc(CC)cc3)n2)cc1. The molecule has 0 fully saturated rings. The van der Waals surface area contributed by atoms with E-state index in [0.717, 1.165) is 29.8 Å². The molecular weight excluding hydrogens is 372 g/mol. The molecular formula is C22H24N2O3S. The third kappa shape index (κ3) is 5.57. The summed E-state index contributed by atoms with van der Waals surface area (Å²) in [4.78, 5) is 16.6. The number of ether oxygens (including phenoxy) is 2. The lowest BCUT2D eigenvalue weighted by Crippen LogP contribution is -2.20. The van der Waals surface area contributed by atoms with Gasteiger partial charge in [0.1, 0.15) is 11.5 Å². The van der Waals surface area contributed by atoms with Crippen LogP contribution in [0.5, 0.6) is 11.5 Å². The lowest BCUT2D eigenvalue weighted by Gasteiger charge is -2.06. The van der Waals surface area contributed by atoms with E-state index in [2.05, 4.69) is 24.1 Å². The first-order valence-corrected chi connectivity index (χ1v) is 10.3. The third-order valence-electron chi connectivity index (χ3n) is 4.07. The topological polar surface area (TPSA) is 60.5 Å². The molecule has 0 aliphatic carbocycles. The summed E-state index contributed by atoms with van der Waals surface area (Å²) >= 11 is 1.39. The van der Waals surface area contributed by atoms with Crippen LogP contribution in [0, 0.1) is 0 Å². The van der Waals surface area contributed by atoms with Crippen molar-refractivity contribution in [3.63, 3.8) is 0 Å². The Balaban J connectivity index is 1.52. The first-order chi connectivity index (χ1) is 13.7. The smallest absolute Gasteiger partial charge is 0.264 e. The fourth-order valence-electron chi connectivity index (χ4n) is 2.53. The second-order valence-electron chi connectivity index (χ2n) is 6.25. The quantitative estimate of drug-likeness (QED) is 0.541.